The summed E-state index contributed by atoms with van der Waals surface area (Å²) in [4.78, 5) is 5.30. The van der Waals surface area contributed by atoms with Crippen LogP contribution in [-0.4, -0.2) is 4.98 Å². The van der Waals surface area contributed by atoms with Crippen molar-refractivity contribution in [1.29, 1.82) is 0 Å². The Morgan fingerprint density at radius 3 is 3.00 bits per heavy atom. The van der Waals surface area contributed by atoms with E-state index in [1.165, 1.54) is 13.0 Å². The smallest absolute Gasteiger partial charge is 0.0974 e. The van der Waals surface area contributed by atoms with E-state index in [0.29, 0.717) is 0 Å². The van der Waals surface area contributed by atoms with Crippen LogP contribution in [0.5, 0.6) is 0 Å². The molecule has 0 bridgehead atoms. The fourth-order valence-electron chi connectivity index (χ4n) is 1.30. The summed E-state index contributed by atoms with van der Waals surface area (Å²) in [6.45, 7) is 1.44. The van der Waals surface area contributed by atoms with E-state index in [-0.39, 0.29) is 5.83 Å². The van der Waals surface area contributed by atoms with Gasteiger partial charge in [0.05, 0.1) is 16.4 Å². The summed E-state index contributed by atoms with van der Waals surface area (Å²) in [5, 5.41) is 1.92. The molecule has 0 atom stereocenters. The third-order valence-electron chi connectivity index (χ3n) is 1.90. The first-order valence-corrected chi connectivity index (χ1v) is 5.47. The molecular formula is C12H10FNS. The summed E-state index contributed by atoms with van der Waals surface area (Å²) in [7, 11) is 0. The van der Waals surface area contributed by atoms with E-state index in [4.69, 9.17) is 0 Å². The predicted molar refractivity (Wildman–Crippen MR) is 62.3 cm³/mol. The highest BCUT2D eigenvalue weighted by molar-refractivity contribution is 7.13. The number of hydrogen-bond donors (Lipinski definition) is 0. The lowest BCUT2D eigenvalue weighted by Gasteiger charge is -1.92. The van der Waals surface area contributed by atoms with Crippen LogP contribution in [-0.2, 0) is 0 Å². The zero-order valence-corrected chi connectivity index (χ0v) is 9.09. The molecule has 0 aliphatic carbocycles. The summed E-state index contributed by atoms with van der Waals surface area (Å²) in [6, 6.07) is 7.71. The quantitative estimate of drug-likeness (QED) is 0.739. The van der Waals surface area contributed by atoms with Crippen molar-refractivity contribution in [3.05, 3.63) is 47.2 Å². The van der Waals surface area contributed by atoms with E-state index in [1.54, 1.807) is 17.5 Å². The van der Waals surface area contributed by atoms with Gasteiger partial charge in [-0.2, -0.15) is 0 Å². The second-order valence-corrected chi connectivity index (χ2v) is 4.10. The highest BCUT2D eigenvalue weighted by Gasteiger charge is 2.01. The molecule has 2 aromatic rings. The lowest BCUT2D eigenvalue weighted by atomic mass is 10.2. The number of pyridine rings is 1. The van der Waals surface area contributed by atoms with Crippen LogP contribution in [0.2, 0.25) is 0 Å². The summed E-state index contributed by atoms with van der Waals surface area (Å²) >= 11 is 1.57. The maximum Gasteiger partial charge on any atom is 0.0974 e. The highest BCUT2D eigenvalue weighted by Crippen LogP contribution is 2.26. The van der Waals surface area contributed by atoms with Gasteiger partial charge in [-0.05, 0) is 42.1 Å². The molecule has 15 heavy (non-hydrogen) atoms. The van der Waals surface area contributed by atoms with Gasteiger partial charge in [-0.3, -0.25) is 4.98 Å². The van der Waals surface area contributed by atoms with Crippen molar-refractivity contribution in [3.63, 3.8) is 0 Å². The molecule has 3 heteroatoms. The van der Waals surface area contributed by atoms with Crippen molar-refractivity contribution in [3.8, 4) is 10.6 Å². The van der Waals surface area contributed by atoms with E-state index >= 15 is 0 Å². The normalized spacial score (nSPS) is 11.7. The molecule has 0 N–H and O–H groups in total. The Kier molecular flexibility index (Phi) is 2.92. The van der Waals surface area contributed by atoms with Gasteiger partial charge in [-0.1, -0.05) is 6.07 Å². The van der Waals surface area contributed by atoms with Crippen molar-refractivity contribution in [1.82, 2.24) is 4.98 Å². The van der Waals surface area contributed by atoms with Crippen LogP contribution in [0, 0.1) is 0 Å². The third-order valence-corrected chi connectivity index (χ3v) is 2.87. The molecule has 2 heterocycles. The van der Waals surface area contributed by atoms with Crippen molar-refractivity contribution < 1.29 is 4.39 Å². The van der Waals surface area contributed by atoms with Gasteiger partial charge in [0.2, 0.25) is 0 Å². The van der Waals surface area contributed by atoms with Gasteiger partial charge in [0.25, 0.3) is 0 Å². The molecule has 0 radical (unpaired) electrons. The molecule has 76 valence electrons. The Balaban J connectivity index is 2.32. The van der Waals surface area contributed by atoms with Gasteiger partial charge in [0.1, 0.15) is 0 Å². The number of allylic oxidation sites excluding steroid dienone is 1. The fraction of sp³-hybridized carbons (Fsp3) is 0.0833. The predicted octanol–water partition coefficient (Wildman–Crippen LogP) is 4.14. The Morgan fingerprint density at radius 1 is 1.47 bits per heavy atom. The van der Waals surface area contributed by atoms with Gasteiger partial charge < -0.3 is 0 Å². The molecule has 0 saturated carbocycles. The zero-order chi connectivity index (χ0) is 10.7. The molecule has 0 spiro atoms. The zero-order valence-electron chi connectivity index (χ0n) is 8.27. The number of rotatable bonds is 2. The van der Waals surface area contributed by atoms with Gasteiger partial charge in [0, 0.05) is 6.20 Å². The number of hydrogen-bond acceptors (Lipinski definition) is 2. The monoisotopic (exact) mass is 219 g/mol. The molecule has 0 aliphatic heterocycles. The van der Waals surface area contributed by atoms with Crippen LogP contribution < -0.4 is 0 Å². The van der Waals surface area contributed by atoms with Crippen LogP contribution >= 0.6 is 11.3 Å². The van der Waals surface area contributed by atoms with Crippen LogP contribution in [0.4, 0.5) is 4.39 Å². The van der Waals surface area contributed by atoms with E-state index in [0.717, 1.165) is 16.1 Å². The lowest BCUT2D eigenvalue weighted by molar-refractivity contribution is 0.648. The summed E-state index contributed by atoms with van der Waals surface area (Å²) < 4.78 is 12.6. The minimum atomic E-state index is -0.180. The van der Waals surface area contributed by atoms with Gasteiger partial charge in [-0.25, -0.2) is 4.39 Å². The maximum absolute atomic E-state index is 12.6. The third kappa shape index (κ3) is 2.50. The Bertz CT molecular complexity index is 469. The van der Waals surface area contributed by atoms with Crippen molar-refractivity contribution in [2.45, 2.75) is 6.92 Å². The van der Waals surface area contributed by atoms with Gasteiger partial charge in [-0.15, -0.1) is 11.3 Å². The summed E-state index contributed by atoms with van der Waals surface area (Å²) in [5.74, 6) is -0.180. The Labute approximate surface area is 91.9 Å². The van der Waals surface area contributed by atoms with Crippen LogP contribution in [0.3, 0.4) is 0 Å². The first-order chi connectivity index (χ1) is 7.25. The average molecular weight is 219 g/mol. The summed E-state index contributed by atoms with van der Waals surface area (Å²) in [6.07, 6.45) is 3.27. The van der Waals surface area contributed by atoms with Crippen LogP contribution in [0.1, 0.15) is 12.5 Å². The first kappa shape index (κ1) is 10.1. The van der Waals surface area contributed by atoms with Gasteiger partial charge in [0.15, 0.2) is 0 Å². The molecule has 0 aliphatic rings. The van der Waals surface area contributed by atoms with Crippen LogP contribution in [0.25, 0.3) is 16.6 Å². The first-order valence-electron chi connectivity index (χ1n) is 4.59. The molecule has 1 nitrogen and oxygen atoms in total. The minimum Gasteiger partial charge on any atom is -0.255 e. The second kappa shape index (κ2) is 4.36. The number of thiophene rings is 1. The molecule has 2 aromatic heterocycles. The summed E-state index contributed by atoms with van der Waals surface area (Å²) in [5.41, 5.74) is 1.82. The van der Waals surface area contributed by atoms with Crippen molar-refractivity contribution in [2.75, 3.05) is 0 Å². The topological polar surface area (TPSA) is 12.9 Å². The average Bonchev–Trinajstić information content (AvgIpc) is 2.67. The molecule has 2 rings (SSSR count). The SMILES string of the molecule is C/C(F)=C\c1csc(-c2ccccn2)c1. The minimum absolute atomic E-state index is 0.180. The van der Waals surface area contributed by atoms with Crippen molar-refractivity contribution >= 4 is 17.4 Å². The van der Waals surface area contributed by atoms with E-state index in [9.17, 15) is 4.39 Å². The lowest BCUT2D eigenvalue weighted by Crippen LogP contribution is -1.76. The molecule has 0 aromatic carbocycles. The Hall–Kier alpha value is -1.48. The maximum atomic E-state index is 12.6. The van der Waals surface area contributed by atoms with Crippen molar-refractivity contribution in [2.24, 2.45) is 0 Å². The highest BCUT2D eigenvalue weighted by atomic mass is 32.1. The second-order valence-electron chi connectivity index (χ2n) is 3.19. The fourth-order valence-corrected chi connectivity index (χ4v) is 2.14. The van der Waals surface area contributed by atoms with E-state index in [1.807, 2.05) is 29.6 Å². The number of halogens is 1. The molecule has 0 fully saturated rings. The van der Waals surface area contributed by atoms with Gasteiger partial charge >= 0.3 is 0 Å². The molecular weight excluding hydrogens is 209 g/mol. The van der Waals surface area contributed by atoms with E-state index < -0.39 is 0 Å². The number of aromatic nitrogens is 1. The largest absolute Gasteiger partial charge is 0.255 e. The van der Waals surface area contributed by atoms with E-state index in [2.05, 4.69) is 4.98 Å². The standard InChI is InChI=1S/C12H10FNS/c1-9(13)6-10-7-12(15-8-10)11-4-2-3-5-14-11/h2-8H,1H3/b9-6+. The molecule has 0 amide bonds. The molecule has 0 saturated heterocycles. The number of nitrogens with zero attached hydrogens (tertiary/aromatic N) is 1. The van der Waals surface area contributed by atoms with Crippen LogP contribution in [0.15, 0.2) is 41.7 Å². The molecule has 0 unspecified atom stereocenters. The Morgan fingerprint density at radius 2 is 2.33 bits per heavy atom.